The van der Waals surface area contributed by atoms with Crippen LogP contribution in [0.1, 0.15) is 47.2 Å². The Bertz CT molecular complexity index is 739. The highest BCUT2D eigenvalue weighted by Crippen LogP contribution is 2.37. The van der Waals surface area contributed by atoms with Gasteiger partial charge in [0.25, 0.3) is 5.91 Å². The van der Waals surface area contributed by atoms with Crippen LogP contribution in [0.3, 0.4) is 0 Å². The highest BCUT2D eigenvalue weighted by Gasteiger charge is 2.27. The Morgan fingerprint density at radius 1 is 1.35 bits per heavy atom. The second-order valence-electron chi connectivity index (χ2n) is 6.10. The van der Waals surface area contributed by atoms with Gasteiger partial charge in [0.15, 0.2) is 11.6 Å². The van der Waals surface area contributed by atoms with Gasteiger partial charge in [-0.25, -0.2) is 4.98 Å². The van der Waals surface area contributed by atoms with Crippen LogP contribution >= 0.6 is 11.6 Å². The molecule has 2 heterocycles. The van der Waals surface area contributed by atoms with Gasteiger partial charge < -0.3 is 14.5 Å². The van der Waals surface area contributed by atoms with Crippen molar-refractivity contribution in [2.45, 2.75) is 31.7 Å². The third-order valence-corrected chi connectivity index (χ3v) is 4.57. The van der Waals surface area contributed by atoms with Gasteiger partial charge in [0.05, 0.1) is 17.7 Å². The van der Waals surface area contributed by atoms with E-state index in [1.807, 2.05) is 12.1 Å². The molecule has 0 spiro atoms. The normalized spacial score (nSPS) is 19.8. The Morgan fingerprint density at radius 3 is 3.04 bits per heavy atom. The summed E-state index contributed by atoms with van der Waals surface area (Å²) in [4.78, 5) is 16.7. The third-order valence-electron chi connectivity index (χ3n) is 4.28. The fourth-order valence-corrected chi connectivity index (χ4v) is 3.08. The summed E-state index contributed by atoms with van der Waals surface area (Å²) in [6.45, 7) is 0.521. The molecule has 6 heteroatoms. The first-order valence-corrected chi connectivity index (χ1v) is 8.25. The SMILES string of the molecule is O=C(N[C@H]1CCOc2c(Cl)cccc21)c1coc(CC2CC2)n1. The molecule has 0 saturated heterocycles. The first-order valence-electron chi connectivity index (χ1n) is 7.87. The lowest BCUT2D eigenvalue weighted by Crippen LogP contribution is -2.32. The minimum absolute atomic E-state index is 0.131. The summed E-state index contributed by atoms with van der Waals surface area (Å²) in [7, 11) is 0. The van der Waals surface area contributed by atoms with Crippen LogP contribution in [0.2, 0.25) is 5.02 Å². The van der Waals surface area contributed by atoms with Crippen molar-refractivity contribution in [3.05, 3.63) is 46.6 Å². The Hall–Kier alpha value is -2.01. The number of para-hydroxylation sites is 1. The zero-order chi connectivity index (χ0) is 15.8. The second kappa shape index (κ2) is 5.89. The number of nitrogens with one attached hydrogen (secondary N) is 1. The van der Waals surface area contributed by atoms with Crippen molar-refractivity contribution < 1.29 is 13.9 Å². The molecule has 2 aliphatic rings. The molecule has 4 rings (SSSR count). The van der Waals surface area contributed by atoms with Crippen molar-refractivity contribution in [1.29, 1.82) is 0 Å². The van der Waals surface area contributed by atoms with E-state index >= 15 is 0 Å². The van der Waals surface area contributed by atoms with Crippen LogP contribution in [-0.4, -0.2) is 17.5 Å². The van der Waals surface area contributed by atoms with Crippen LogP contribution in [0.5, 0.6) is 5.75 Å². The van der Waals surface area contributed by atoms with Crippen molar-refractivity contribution in [3.63, 3.8) is 0 Å². The Kier molecular flexibility index (Phi) is 3.73. The summed E-state index contributed by atoms with van der Waals surface area (Å²) < 4.78 is 11.0. The van der Waals surface area contributed by atoms with E-state index in [4.69, 9.17) is 20.8 Å². The van der Waals surface area contributed by atoms with Gasteiger partial charge in [-0.15, -0.1) is 0 Å². The molecule has 1 atom stereocenters. The molecular formula is C17H17ClN2O3. The summed E-state index contributed by atoms with van der Waals surface area (Å²) in [5.74, 6) is 1.75. The van der Waals surface area contributed by atoms with Crippen LogP contribution in [0.4, 0.5) is 0 Å². The monoisotopic (exact) mass is 332 g/mol. The molecule has 1 amide bonds. The second-order valence-corrected chi connectivity index (χ2v) is 6.50. The van der Waals surface area contributed by atoms with Crippen molar-refractivity contribution in [2.75, 3.05) is 6.61 Å². The summed E-state index contributed by atoms with van der Waals surface area (Å²) in [5.41, 5.74) is 1.23. The number of oxazole rings is 1. The number of benzene rings is 1. The van der Waals surface area contributed by atoms with Crippen molar-refractivity contribution >= 4 is 17.5 Å². The van der Waals surface area contributed by atoms with Crippen molar-refractivity contribution in [3.8, 4) is 5.75 Å². The fraction of sp³-hybridized carbons (Fsp3) is 0.412. The molecule has 1 aliphatic heterocycles. The molecule has 0 bridgehead atoms. The highest BCUT2D eigenvalue weighted by atomic mass is 35.5. The van der Waals surface area contributed by atoms with Gasteiger partial charge in [-0.2, -0.15) is 0 Å². The van der Waals surface area contributed by atoms with E-state index in [-0.39, 0.29) is 11.9 Å². The molecule has 1 saturated carbocycles. The van der Waals surface area contributed by atoms with Crippen LogP contribution in [0.15, 0.2) is 28.9 Å². The summed E-state index contributed by atoms with van der Waals surface area (Å²) in [6.07, 6.45) is 5.41. The topological polar surface area (TPSA) is 64.4 Å². The predicted octanol–water partition coefficient (Wildman–Crippen LogP) is 3.53. The maximum absolute atomic E-state index is 12.4. The van der Waals surface area contributed by atoms with Gasteiger partial charge in [-0.1, -0.05) is 23.7 Å². The van der Waals surface area contributed by atoms with Crippen LogP contribution < -0.4 is 10.1 Å². The number of ether oxygens (including phenoxy) is 1. The van der Waals surface area contributed by atoms with Crippen molar-refractivity contribution in [1.82, 2.24) is 10.3 Å². The minimum atomic E-state index is -0.228. The number of hydrogen-bond donors (Lipinski definition) is 1. The predicted molar refractivity (Wildman–Crippen MR) is 84.7 cm³/mol. The van der Waals surface area contributed by atoms with Gasteiger partial charge in [0.2, 0.25) is 0 Å². The fourth-order valence-electron chi connectivity index (χ4n) is 2.85. The number of nitrogens with zero attached hydrogens (tertiary/aromatic N) is 1. The first-order chi connectivity index (χ1) is 11.2. The van der Waals surface area contributed by atoms with E-state index in [0.717, 1.165) is 12.0 Å². The molecule has 1 N–H and O–H groups in total. The molecule has 1 aromatic carbocycles. The number of carbonyl (C=O) groups is 1. The van der Waals surface area contributed by atoms with E-state index in [2.05, 4.69) is 10.3 Å². The Labute approximate surface area is 139 Å². The summed E-state index contributed by atoms with van der Waals surface area (Å²) in [5, 5.41) is 3.57. The number of fused-ring (bicyclic) bond motifs is 1. The number of halogens is 1. The lowest BCUT2D eigenvalue weighted by atomic mass is 10.0. The summed E-state index contributed by atoms with van der Waals surface area (Å²) in [6, 6.07) is 5.44. The van der Waals surface area contributed by atoms with Gasteiger partial charge in [0.1, 0.15) is 12.0 Å². The molecular weight excluding hydrogens is 316 g/mol. The zero-order valence-corrected chi connectivity index (χ0v) is 13.3. The first kappa shape index (κ1) is 14.6. The molecule has 23 heavy (non-hydrogen) atoms. The molecule has 5 nitrogen and oxygen atoms in total. The van der Waals surface area contributed by atoms with E-state index < -0.39 is 0 Å². The smallest absolute Gasteiger partial charge is 0.273 e. The minimum Gasteiger partial charge on any atom is -0.492 e. The zero-order valence-electron chi connectivity index (χ0n) is 12.5. The Morgan fingerprint density at radius 2 is 2.22 bits per heavy atom. The lowest BCUT2D eigenvalue weighted by molar-refractivity contribution is 0.0919. The molecule has 2 aromatic rings. The highest BCUT2D eigenvalue weighted by molar-refractivity contribution is 6.32. The third kappa shape index (κ3) is 3.06. The summed E-state index contributed by atoms with van der Waals surface area (Å²) >= 11 is 6.15. The maximum Gasteiger partial charge on any atom is 0.273 e. The van der Waals surface area contributed by atoms with Crippen LogP contribution in [0.25, 0.3) is 0 Å². The van der Waals surface area contributed by atoms with E-state index in [1.165, 1.54) is 19.1 Å². The Balaban J connectivity index is 1.49. The molecule has 0 radical (unpaired) electrons. The van der Waals surface area contributed by atoms with E-state index in [9.17, 15) is 4.79 Å². The number of hydrogen-bond acceptors (Lipinski definition) is 4. The molecule has 1 aliphatic carbocycles. The molecule has 0 unspecified atom stereocenters. The van der Waals surface area contributed by atoms with Gasteiger partial charge in [-0.05, 0) is 24.8 Å². The van der Waals surface area contributed by atoms with E-state index in [1.54, 1.807) is 6.07 Å². The maximum atomic E-state index is 12.4. The number of rotatable bonds is 4. The molecule has 1 aromatic heterocycles. The number of carbonyl (C=O) groups excluding carboxylic acids is 1. The number of aromatic nitrogens is 1. The standard InChI is InChI=1S/C17H17ClN2O3/c18-12-3-1-2-11-13(6-7-22-16(11)12)20-17(21)14-9-23-15(19-14)8-10-4-5-10/h1-3,9-10,13H,4-8H2,(H,20,21)/t13-/m0/s1. The largest absolute Gasteiger partial charge is 0.492 e. The average Bonchev–Trinajstić information content (AvgIpc) is 3.23. The number of amides is 1. The van der Waals surface area contributed by atoms with Gasteiger partial charge in [0, 0.05) is 18.4 Å². The average molecular weight is 333 g/mol. The quantitative estimate of drug-likeness (QED) is 0.930. The molecule has 1 fully saturated rings. The van der Waals surface area contributed by atoms with Crippen LogP contribution in [0, 0.1) is 5.92 Å². The van der Waals surface area contributed by atoms with Gasteiger partial charge in [-0.3, -0.25) is 4.79 Å². The molecule has 120 valence electrons. The van der Waals surface area contributed by atoms with E-state index in [0.29, 0.717) is 41.3 Å². The van der Waals surface area contributed by atoms with Crippen molar-refractivity contribution in [2.24, 2.45) is 5.92 Å². The van der Waals surface area contributed by atoms with Crippen LogP contribution in [-0.2, 0) is 6.42 Å². The van der Waals surface area contributed by atoms with Gasteiger partial charge >= 0.3 is 0 Å². The lowest BCUT2D eigenvalue weighted by Gasteiger charge is -2.27.